The minimum Gasteiger partial charge on any atom is -0.497 e. The van der Waals surface area contributed by atoms with Crippen LogP contribution in [0, 0.1) is 6.92 Å². The van der Waals surface area contributed by atoms with E-state index >= 15 is 0 Å². The molecule has 0 spiro atoms. The number of hydrogen-bond donors (Lipinski definition) is 1. The molecular formula is C17H21NO4S. The molecule has 0 fully saturated rings. The van der Waals surface area contributed by atoms with E-state index in [1.807, 2.05) is 31.2 Å². The van der Waals surface area contributed by atoms with Gasteiger partial charge in [0.15, 0.2) is 0 Å². The zero-order chi connectivity index (χ0) is 16.9. The third-order valence-corrected chi connectivity index (χ3v) is 4.75. The maximum absolute atomic E-state index is 12.2. The Hall–Kier alpha value is -2.05. The Morgan fingerprint density at radius 3 is 2.30 bits per heavy atom. The summed E-state index contributed by atoms with van der Waals surface area (Å²) in [4.78, 5) is 0. The Morgan fingerprint density at radius 2 is 1.70 bits per heavy atom. The predicted octanol–water partition coefficient (Wildman–Crippen LogP) is 2.63. The minimum atomic E-state index is -3.42. The average molecular weight is 335 g/mol. The van der Waals surface area contributed by atoms with Crippen molar-refractivity contribution in [1.29, 1.82) is 0 Å². The van der Waals surface area contributed by atoms with E-state index < -0.39 is 10.0 Å². The lowest BCUT2D eigenvalue weighted by Gasteiger charge is -2.12. The van der Waals surface area contributed by atoms with Crippen molar-refractivity contribution in [2.75, 3.05) is 14.2 Å². The lowest BCUT2D eigenvalue weighted by Crippen LogP contribution is -2.25. The molecule has 0 atom stereocenters. The fraction of sp³-hybridized carbons (Fsp3) is 0.294. The van der Waals surface area contributed by atoms with Crippen LogP contribution >= 0.6 is 0 Å². The fourth-order valence-electron chi connectivity index (χ4n) is 2.14. The third-order valence-electron chi connectivity index (χ3n) is 3.45. The highest BCUT2D eigenvalue weighted by Gasteiger charge is 2.13. The molecule has 0 aliphatic carbocycles. The first-order valence-electron chi connectivity index (χ1n) is 7.17. The summed E-state index contributed by atoms with van der Waals surface area (Å²) < 4.78 is 37.4. The Kier molecular flexibility index (Phi) is 5.63. The van der Waals surface area contributed by atoms with E-state index in [0.29, 0.717) is 11.5 Å². The predicted molar refractivity (Wildman–Crippen MR) is 90.2 cm³/mol. The molecule has 0 aliphatic heterocycles. The zero-order valence-corrected chi connectivity index (χ0v) is 14.3. The van der Waals surface area contributed by atoms with Crippen molar-refractivity contribution in [3.05, 3.63) is 59.2 Å². The van der Waals surface area contributed by atoms with E-state index in [1.54, 1.807) is 32.4 Å². The highest BCUT2D eigenvalue weighted by atomic mass is 32.2. The zero-order valence-electron chi connectivity index (χ0n) is 13.5. The van der Waals surface area contributed by atoms with Gasteiger partial charge >= 0.3 is 0 Å². The van der Waals surface area contributed by atoms with Gasteiger partial charge in [-0.1, -0.05) is 35.9 Å². The summed E-state index contributed by atoms with van der Waals surface area (Å²) in [6.07, 6.45) is 0. The number of sulfonamides is 1. The fourth-order valence-corrected chi connectivity index (χ4v) is 3.25. The van der Waals surface area contributed by atoms with Gasteiger partial charge in [-0.2, -0.15) is 0 Å². The van der Waals surface area contributed by atoms with Gasteiger partial charge in [0.2, 0.25) is 10.0 Å². The molecule has 0 heterocycles. The normalized spacial score (nSPS) is 11.3. The molecule has 6 heteroatoms. The number of benzene rings is 2. The Balaban J connectivity index is 2.05. The van der Waals surface area contributed by atoms with Crippen LogP contribution in [-0.2, 0) is 22.3 Å². The van der Waals surface area contributed by atoms with Crippen LogP contribution in [-0.4, -0.2) is 22.6 Å². The topological polar surface area (TPSA) is 64.6 Å². The molecular weight excluding hydrogens is 314 g/mol. The summed E-state index contributed by atoms with van der Waals surface area (Å²) >= 11 is 0. The van der Waals surface area contributed by atoms with E-state index in [-0.39, 0.29) is 12.3 Å². The number of ether oxygens (including phenoxy) is 2. The second kappa shape index (κ2) is 7.48. The van der Waals surface area contributed by atoms with Crippen molar-refractivity contribution in [2.24, 2.45) is 0 Å². The van der Waals surface area contributed by atoms with Crippen LogP contribution in [0.5, 0.6) is 11.5 Å². The van der Waals surface area contributed by atoms with Crippen LogP contribution in [0.25, 0.3) is 0 Å². The van der Waals surface area contributed by atoms with Gasteiger partial charge in [-0.05, 0) is 18.6 Å². The monoisotopic (exact) mass is 335 g/mol. The molecule has 5 nitrogen and oxygen atoms in total. The largest absolute Gasteiger partial charge is 0.497 e. The van der Waals surface area contributed by atoms with E-state index in [2.05, 4.69) is 4.72 Å². The first-order chi connectivity index (χ1) is 10.9. The molecule has 0 bridgehead atoms. The Morgan fingerprint density at radius 1 is 1.00 bits per heavy atom. The number of hydrogen-bond acceptors (Lipinski definition) is 4. The van der Waals surface area contributed by atoms with Crippen LogP contribution < -0.4 is 14.2 Å². The number of rotatable bonds is 7. The van der Waals surface area contributed by atoms with Crippen molar-refractivity contribution in [1.82, 2.24) is 4.72 Å². The molecule has 0 aliphatic rings. The third kappa shape index (κ3) is 4.97. The molecule has 2 aromatic rings. The molecule has 124 valence electrons. The number of nitrogens with one attached hydrogen (secondary N) is 1. The summed E-state index contributed by atoms with van der Waals surface area (Å²) in [5.41, 5.74) is 2.60. The molecule has 1 N–H and O–H groups in total. The van der Waals surface area contributed by atoms with Crippen molar-refractivity contribution in [3.8, 4) is 11.5 Å². The molecule has 0 amide bonds. The highest BCUT2D eigenvalue weighted by molar-refractivity contribution is 7.88. The molecule has 0 radical (unpaired) electrons. The summed E-state index contributed by atoms with van der Waals surface area (Å²) in [5, 5.41) is 0. The van der Waals surface area contributed by atoms with Crippen molar-refractivity contribution < 1.29 is 17.9 Å². The lowest BCUT2D eigenvalue weighted by molar-refractivity contribution is 0.390. The van der Waals surface area contributed by atoms with Gasteiger partial charge in [-0.25, -0.2) is 13.1 Å². The molecule has 23 heavy (non-hydrogen) atoms. The van der Waals surface area contributed by atoms with Crippen LogP contribution in [0.3, 0.4) is 0 Å². The Bertz CT molecular complexity index is 755. The van der Waals surface area contributed by atoms with E-state index in [4.69, 9.17) is 9.47 Å². The molecule has 0 unspecified atom stereocenters. The van der Waals surface area contributed by atoms with Crippen molar-refractivity contribution >= 4 is 10.0 Å². The van der Waals surface area contributed by atoms with Gasteiger partial charge in [0.25, 0.3) is 0 Å². The van der Waals surface area contributed by atoms with E-state index in [9.17, 15) is 8.42 Å². The number of aryl methyl sites for hydroxylation is 1. The second-order valence-corrected chi connectivity index (χ2v) is 7.05. The van der Waals surface area contributed by atoms with Crippen LogP contribution in [0.1, 0.15) is 16.7 Å². The average Bonchev–Trinajstić information content (AvgIpc) is 2.54. The lowest BCUT2D eigenvalue weighted by atomic mass is 10.2. The molecule has 0 aromatic heterocycles. The maximum Gasteiger partial charge on any atom is 0.216 e. The molecule has 0 saturated heterocycles. The standard InChI is InChI=1S/C17H21NO4S/c1-13-4-6-14(7-5-13)12-23(19,20)18-11-15-8-9-16(21-2)10-17(15)22-3/h4-10,18H,11-12H2,1-3H3. The van der Waals surface area contributed by atoms with Gasteiger partial charge in [0, 0.05) is 18.2 Å². The van der Waals surface area contributed by atoms with Crippen LogP contribution in [0.15, 0.2) is 42.5 Å². The highest BCUT2D eigenvalue weighted by Crippen LogP contribution is 2.24. The van der Waals surface area contributed by atoms with Gasteiger partial charge in [0.05, 0.1) is 20.0 Å². The van der Waals surface area contributed by atoms with E-state index in [0.717, 1.165) is 16.7 Å². The second-order valence-electron chi connectivity index (χ2n) is 5.24. The smallest absolute Gasteiger partial charge is 0.216 e. The van der Waals surface area contributed by atoms with Gasteiger partial charge in [-0.3, -0.25) is 0 Å². The Labute approximate surface area is 137 Å². The van der Waals surface area contributed by atoms with Crippen molar-refractivity contribution in [2.45, 2.75) is 19.2 Å². The van der Waals surface area contributed by atoms with Gasteiger partial charge < -0.3 is 9.47 Å². The SMILES string of the molecule is COc1ccc(CNS(=O)(=O)Cc2ccc(C)cc2)c(OC)c1. The summed E-state index contributed by atoms with van der Waals surface area (Å²) in [6, 6.07) is 12.7. The van der Waals surface area contributed by atoms with Crippen LogP contribution in [0.4, 0.5) is 0 Å². The van der Waals surface area contributed by atoms with E-state index in [1.165, 1.54) is 0 Å². The first kappa shape index (κ1) is 17.3. The summed E-state index contributed by atoms with van der Waals surface area (Å²) in [5.74, 6) is 1.20. The number of methoxy groups -OCH3 is 2. The summed E-state index contributed by atoms with van der Waals surface area (Å²) in [7, 11) is -0.314. The first-order valence-corrected chi connectivity index (χ1v) is 8.82. The molecule has 0 saturated carbocycles. The van der Waals surface area contributed by atoms with Crippen molar-refractivity contribution in [3.63, 3.8) is 0 Å². The maximum atomic E-state index is 12.2. The summed E-state index contributed by atoms with van der Waals surface area (Å²) in [6.45, 7) is 2.13. The van der Waals surface area contributed by atoms with Crippen LogP contribution in [0.2, 0.25) is 0 Å². The van der Waals surface area contributed by atoms with Gasteiger partial charge in [0.1, 0.15) is 11.5 Å². The quantitative estimate of drug-likeness (QED) is 0.845. The van der Waals surface area contributed by atoms with Gasteiger partial charge in [-0.15, -0.1) is 0 Å². The minimum absolute atomic E-state index is 0.0499. The molecule has 2 aromatic carbocycles. The molecule has 2 rings (SSSR count).